The van der Waals surface area contributed by atoms with Crippen LogP contribution in [0, 0.1) is 5.41 Å². The fourth-order valence-electron chi connectivity index (χ4n) is 2.60. The summed E-state index contributed by atoms with van der Waals surface area (Å²) in [5.41, 5.74) is 1.34. The van der Waals surface area contributed by atoms with Crippen molar-refractivity contribution in [3.05, 3.63) is 35.9 Å². The minimum atomic E-state index is 0.113. The number of aliphatic imine (C=N–C) groups is 1. The van der Waals surface area contributed by atoms with Crippen LogP contribution < -0.4 is 10.6 Å². The molecule has 0 heterocycles. The van der Waals surface area contributed by atoms with Crippen LogP contribution in [-0.4, -0.2) is 32.2 Å². The quantitative estimate of drug-likeness (QED) is 0.654. The summed E-state index contributed by atoms with van der Waals surface area (Å²) < 4.78 is 6.06. The lowest BCUT2D eigenvalue weighted by Crippen LogP contribution is -2.63. The predicted molar refractivity (Wildman–Crippen MR) is 82.8 cm³/mol. The van der Waals surface area contributed by atoms with Gasteiger partial charge in [-0.15, -0.1) is 0 Å². The first-order chi connectivity index (χ1) is 9.57. The Bertz CT molecular complexity index is 456. The summed E-state index contributed by atoms with van der Waals surface area (Å²) in [7, 11) is 3.66. The maximum absolute atomic E-state index is 6.06. The van der Waals surface area contributed by atoms with Gasteiger partial charge in [0, 0.05) is 25.6 Å². The molecule has 0 radical (unpaired) electrons. The van der Waals surface area contributed by atoms with Crippen molar-refractivity contribution in [1.82, 2.24) is 10.6 Å². The van der Waals surface area contributed by atoms with Gasteiger partial charge in [0.25, 0.3) is 0 Å². The average Bonchev–Trinajstić information content (AvgIpc) is 2.47. The lowest BCUT2D eigenvalue weighted by Gasteiger charge is -2.52. The molecule has 0 spiro atoms. The van der Waals surface area contributed by atoms with Gasteiger partial charge in [-0.25, -0.2) is 0 Å². The molecule has 2 N–H and O–H groups in total. The summed E-state index contributed by atoms with van der Waals surface area (Å²) >= 11 is 0. The fourth-order valence-corrected chi connectivity index (χ4v) is 2.60. The first kappa shape index (κ1) is 14.9. The van der Waals surface area contributed by atoms with Crippen molar-refractivity contribution in [3.63, 3.8) is 0 Å². The van der Waals surface area contributed by atoms with Crippen LogP contribution >= 0.6 is 0 Å². The molecule has 1 aromatic carbocycles. The van der Waals surface area contributed by atoms with E-state index in [0.29, 0.717) is 12.6 Å². The van der Waals surface area contributed by atoms with Crippen molar-refractivity contribution in [2.45, 2.75) is 39.0 Å². The number of rotatable bonds is 4. The van der Waals surface area contributed by atoms with Gasteiger partial charge in [-0.05, 0) is 12.0 Å². The van der Waals surface area contributed by atoms with Crippen LogP contribution in [0.4, 0.5) is 0 Å². The minimum Gasteiger partial charge on any atom is -0.373 e. The Morgan fingerprint density at radius 2 is 2.05 bits per heavy atom. The van der Waals surface area contributed by atoms with Gasteiger partial charge in [0.15, 0.2) is 5.96 Å². The number of guanidine groups is 1. The van der Waals surface area contributed by atoms with Crippen molar-refractivity contribution in [2.24, 2.45) is 10.4 Å². The number of benzene rings is 1. The van der Waals surface area contributed by atoms with Gasteiger partial charge in [-0.3, -0.25) is 4.99 Å². The van der Waals surface area contributed by atoms with Gasteiger partial charge >= 0.3 is 0 Å². The molecule has 1 fully saturated rings. The van der Waals surface area contributed by atoms with Crippen LogP contribution in [0.2, 0.25) is 0 Å². The molecule has 0 amide bonds. The second-order valence-electron chi connectivity index (χ2n) is 5.86. The Balaban J connectivity index is 1.84. The van der Waals surface area contributed by atoms with Gasteiger partial charge in [0.05, 0.1) is 12.7 Å². The molecule has 20 heavy (non-hydrogen) atoms. The van der Waals surface area contributed by atoms with Crippen LogP contribution in [-0.2, 0) is 11.3 Å². The van der Waals surface area contributed by atoms with E-state index in [1.807, 2.05) is 25.2 Å². The monoisotopic (exact) mass is 275 g/mol. The van der Waals surface area contributed by atoms with E-state index in [1.165, 1.54) is 5.56 Å². The highest BCUT2D eigenvalue weighted by atomic mass is 16.5. The van der Waals surface area contributed by atoms with Crippen LogP contribution in [0.15, 0.2) is 35.3 Å². The highest BCUT2D eigenvalue weighted by molar-refractivity contribution is 5.79. The molecular formula is C16H25N3O. The molecule has 2 rings (SSSR count). The third-order valence-electron chi connectivity index (χ3n) is 4.24. The average molecular weight is 275 g/mol. The van der Waals surface area contributed by atoms with Gasteiger partial charge in [-0.2, -0.15) is 0 Å². The van der Waals surface area contributed by atoms with Gasteiger partial charge in [-0.1, -0.05) is 44.2 Å². The van der Waals surface area contributed by atoms with Crippen LogP contribution in [0.1, 0.15) is 25.8 Å². The van der Waals surface area contributed by atoms with E-state index in [0.717, 1.165) is 12.4 Å². The number of hydrogen-bond donors (Lipinski definition) is 2. The Kier molecular flexibility index (Phi) is 4.65. The Morgan fingerprint density at radius 3 is 2.60 bits per heavy atom. The minimum absolute atomic E-state index is 0.113. The Morgan fingerprint density at radius 1 is 1.35 bits per heavy atom. The van der Waals surface area contributed by atoms with Crippen molar-refractivity contribution < 1.29 is 4.74 Å². The molecule has 0 aliphatic heterocycles. The van der Waals surface area contributed by atoms with Gasteiger partial charge < -0.3 is 15.4 Å². The number of hydrogen-bond acceptors (Lipinski definition) is 2. The summed E-state index contributed by atoms with van der Waals surface area (Å²) in [6.07, 6.45) is 1.30. The van der Waals surface area contributed by atoms with Gasteiger partial charge in [0.1, 0.15) is 0 Å². The van der Waals surface area contributed by atoms with E-state index in [4.69, 9.17) is 4.74 Å². The molecule has 2 atom stereocenters. The predicted octanol–water partition coefficient (Wildman–Crippen LogP) is 2.17. The maximum Gasteiger partial charge on any atom is 0.190 e. The molecule has 1 aliphatic carbocycles. The van der Waals surface area contributed by atoms with Crippen molar-refractivity contribution >= 4 is 5.96 Å². The van der Waals surface area contributed by atoms with Gasteiger partial charge in [0.2, 0.25) is 0 Å². The number of ether oxygens (including phenoxy) is 1. The number of nitrogens with one attached hydrogen (secondary N) is 2. The van der Waals surface area contributed by atoms with Crippen molar-refractivity contribution in [3.8, 4) is 0 Å². The Hall–Kier alpha value is -1.55. The molecule has 1 aliphatic rings. The highest BCUT2D eigenvalue weighted by Crippen LogP contribution is 2.43. The zero-order valence-electron chi connectivity index (χ0n) is 12.8. The second-order valence-corrected chi connectivity index (χ2v) is 5.86. The fraction of sp³-hybridized carbons (Fsp3) is 0.562. The second kappa shape index (κ2) is 6.27. The van der Waals surface area contributed by atoms with E-state index < -0.39 is 0 Å². The summed E-state index contributed by atoms with van der Waals surface area (Å²) in [6, 6.07) is 10.7. The van der Waals surface area contributed by atoms with E-state index in [2.05, 4.69) is 41.6 Å². The largest absolute Gasteiger partial charge is 0.373 e. The summed E-state index contributed by atoms with van der Waals surface area (Å²) in [6.45, 7) is 5.17. The first-order valence-corrected chi connectivity index (χ1v) is 7.14. The smallest absolute Gasteiger partial charge is 0.190 e. The topological polar surface area (TPSA) is 45.7 Å². The molecule has 0 saturated heterocycles. The normalized spacial score (nSPS) is 24.9. The van der Waals surface area contributed by atoms with Crippen LogP contribution in [0.5, 0.6) is 0 Å². The molecule has 110 valence electrons. The van der Waals surface area contributed by atoms with E-state index in [9.17, 15) is 0 Å². The zero-order chi connectivity index (χ0) is 14.6. The molecule has 2 unspecified atom stereocenters. The molecule has 0 aromatic heterocycles. The standard InChI is InChI=1S/C16H25N3O/c1-16(2)13(19-15(17-3)18-4)10-14(16)20-11-12-8-6-5-7-9-12/h5-9,13-14H,10-11H2,1-4H3,(H2,17,18,19). The lowest BCUT2D eigenvalue weighted by atomic mass is 9.64. The van der Waals surface area contributed by atoms with Crippen LogP contribution in [0.25, 0.3) is 0 Å². The third kappa shape index (κ3) is 3.12. The molecule has 1 aromatic rings. The molecule has 4 heteroatoms. The summed E-state index contributed by atoms with van der Waals surface area (Å²) in [5.74, 6) is 0.838. The summed E-state index contributed by atoms with van der Waals surface area (Å²) in [4.78, 5) is 4.17. The van der Waals surface area contributed by atoms with Crippen molar-refractivity contribution in [2.75, 3.05) is 14.1 Å². The molecule has 4 nitrogen and oxygen atoms in total. The Labute approximate surface area is 121 Å². The van der Waals surface area contributed by atoms with Crippen molar-refractivity contribution in [1.29, 1.82) is 0 Å². The summed E-state index contributed by atoms with van der Waals surface area (Å²) in [5, 5.41) is 6.49. The molecule has 0 bridgehead atoms. The SMILES string of the molecule is CN=C(NC)NC1CC(OCc2ccccc2)C1(C)C. The highest BCUT2D eigenvalue weighted by Gasteiger charge is 2.49. The molecular weight excluding hydrogens is 250 g/mol. The third-order valence-corrected chi connectivity index (χ3v) is 4.24. The van der Waals surface area contributed by atoms with Crippen LogP contribution in [0.3, 0.4) is 0 Å². The first-order valence-electron chi connectivity index (χ1n) is 7.14. The maximum atomic E-state index is 6.06. The van der Waals surface area contributed by atoms with E-state index in [1.54, 1.807) is 7.05 Å². The zero-order valence-corrected chi connectivity index (χ0v) is 12.8. The number of nitrogens with zero attached hydrogens (tertiary/aromatic N) is 1. The molecule has 1 saturated carbocycles. The van der Waals surface area contributed by atoms with E-state index >= 15 is 0 Å². The van der Waals surface area contributed by atoms with E-state index in [-0.39, 0.29) is 11.5 Å². The lowest BCUT2D eigenvalue weighted by molar-refractivity contribution is -0.120.